The van der Waals surface area contributed by atoms with Gasteiger partial charge in [-0.2, -0.15) is 4.40 Å². The summed E-state index contributed by atoms with van der Waals surface area (Å²) in [6.07, 6.45) is 6.07. The molecule has 0 fully saturated rings. The number of nitrogens with zero attached hydrogens (tertiary/aromatic N) is 3. The molecule has 0 unspecified atom stereocenters. The summed E-state index contributed by atoms with van der Waals surface area (Å²) in [5.41, 5.74) is 3.94. The van der Waals surface area contributed by atoms with E-state index in [-0.39, 0.29) is 0 Å². The Kier molecular flexibility index (Phi) is 1.64. The lowest BCUT2D eigenvalue weighted by Gasteiger charge is -1.92. The predicted molar refractivity (Wildman–Crippen MR) is 75.3 cm³/mol. The third kappa shape index (κ3) is 1.12. The van der Waals surface area contributed by atoms with Crippen LogP contribution in [0.3, 0.4) is 0 Å². The molecule has 1 aliphatic rings. The molecule has 1 aromatic carbocycles. The van der Waals surface area contributed by atoms with E-state index in [1.807, 2.05) is 23.7 Å². The van der Waals surface area contributed by atoms with Crippen LogP contribution in [0, 0.1) is 0 Å². The van der Waals surface area contributed by atoms with Crippen molar-refractivity contribution in [1.29, 1.82) is 0 Å². The highest BCUT2D eigenvalue weighted by Crippen LogP contribution is 2.34. The molecule has 1 aliphatic heterocycles. The Balaban J connectivity index is 2.00. The monoisotopic (exact) mass is 264 g/mol. The van der Waals surface area contributed by atoms with E-state index in [9.17, 15) is 0 Å². The molecule has 19 heavy (non-hydrogen) atoms. The first-order chi connectivity index (χ1) is 9.42. The minimum atomic E-state index is 0.974. The number of pyridine rings is 1. The van der Waals surface area contributed by atoms with E-state index in [2.05, 4.69) is 50.5 Å². The number of rotatable bonds is 0. The summed E-state index contributed by atoms with van der Waals surface area (Å²) in [5, 5.41) is 0. The zero-order chi connectivity index (χ0) is 12.4. The van der Waals surface area contributed by atoms with E-state index in [4.69, 9.17) is 0 Å². The highest BCUT2D eigenvalue weighted by atomic mass is 32.1. The molecule has 0 spiro atoms. The normalized spacial score (nSPS) is 13.1. The Labute approximate surface area is 113 Å². The molecule has 4 heteroatoms. The molecule has 3 nitrogen and oxygen atoms in total. The van der Waals surface area contributed by atoms with Crippen LogP contribution in [0.2, 0.25) is 0 Å². The number of hydrogen-bond donors (Lipinski definition) is 0. The van der Waals surface area contributed by atoms with Gasteiger partial charge in [0.25, 0.3) is 5.82 Å². The molecule has 0 amide bonds. The lowest BCUT2D eigenvalue weighted by Crippen LogP contribution is -2.29. The largest absolute Gasteiger partial charge is 0.296 e. The van der Waals surface area contributed by atoms with Crippen LogP contribution >= 0.6 is 11.3 Å². The van der Waals surface area contributed by atoms with Gasteiger partial charge in [0.05, 0.1) is 16.5 Å². The minimum absolute atomic E-state index is 0.974. The first-order valence-corrected chi connectivity index (χ1v) is 7.09. The topological polar surface area (TPSA) is 21.2 Å². The van der Waals surface area contributed by atoms with Gasteiger partial charge in [-0.1, -0.05) is 29.5 Å². The van der Waals surface area contributed by atoms with Crippen molar-refractivity contribution in [2.45, 2.75) is 6.54 Å². The molecule has 90 valence electrons. The Morgan fingerprint density at radius 1 is 1.21 bits per heavy atom. The molecule has 3 aromatic heterocycles. The molecular weight excluding hydrogens is 254 g/mol. The van der Waals surface area contributed by atoms with E-state index in [0.717, 1.165) is 6.54 Å². The van der Waals surface area contributed by atoms with Crippen molar-refractivity contribution < 1.29 is 4.57 Å². The van der Waals surface area contributed by atoms with E-state index >= 15 is 0 Å². The van der Waals surface area contributed by atoms with E-state index in [1.165, 1.54) is 32.0 Å². The molecule has 0 saturated heterocycles. The fourth-order valence-electron chi connectivity index (χ4n) is 2.99. The Morgan fingerprint density at radius 2 is 2.16 bits per heavy atom. The molecule has 0 atom stereocenters. The van der Waals surface area contributed by atoms with Crippen molar-refractivity contribution in [3.63, 3.8) is 0 Å². The summed E-state index contributed by atoms with van der Waals surface area (Å²) in [5.74, 6) is 1.28. The van der Waals surface area contributed by atoms with Gasteiger partial charge in [-0.25, -0.2) is 4.57 Å². The van der Waals surface area contributed by atoms with Crippen LogP contribution < -0.4 is 4.57 Å². The van der Waals surface area contributed by atoms with E-state index in [1.54, 1.807) is 0 Å². The zero-order valence-electron chi connectivity index (χ0n) is 10.1. The van der Waals surface area contributed by atoms with Crippen LogP contribution in [0.15, 0.2) is 48.9 Å². The second-order valence-electron chi connectivity index (χ2n) is 4.86. The summed E-state index contributed by atoms with van der Waals surface area (Å²) in [4.78, 5) is 5.56. The summed E-state index contributed by atoms with van der Waals surface area (Å²) in [7, 11) is 0. The van der Waals surface area contributed by atoms with Crippen LogP contribution in [0.4, 0.5) is 0 Å². The first kappa shape index (κ1) is 9.69. The summed E-state index contributed by atoms with van der Waals surface area (Å²) in [6, 6.07) is 10.7. The van der Waals surface area contributed by atoms with Gasteiger partial charge in [0.2, 0.25) is 4.83 Å². The van der Waals surface area contributed by atoms with Crippen molar-refractivity contribution >= 4 is 26.4 Å². The summed E-state index contributed by atoms with van der Waals surface area (Å²) >= 11 is 1.82. The molecule has 0 radical (unpaired) electrons. The molecule has 0 saturated carbocycles. The number of benzene rings is 1. The Morgan fingerprint density at radius 3 is 3.16 bits per heavy atom. The van der Waals surface area contributed by atoms with Crippen molar-refractivity contribution in [2.24, 2.45) is 0 Å². The number of fused-ring (bicyclic) bond motifs is 7. The number of hydrogen-bond acceptors (Lipinski definition) is 2. The van der Waals surface area contributed by atoms with Gasteiger partial charge >= 0.3 is 0 Å². The molecule has 0 N–H and O–H groups in total. The highest BCUT2D eigenvalue weighted by molar-refractivity contribution is 7.23. The average molecular weight is 264 g/mol. The Bertz CT molecular complexity index is 949. The number of imidazole rings is 1. The summed E-state index contributed by atoms with van der Waals surface area (Å²) < 4.78 is 5.96. The lowest BCUT2D eigenvalue weighted by molar-refractivity contribution is -0.670. The van der Waals surface area contributed by atoms with Gasteiger partial charge in [-0.15, -0.1) is 0 Å². The maximum Gasteiger partial charge on any atom is 0.296 e. The molecular formula is C15H10N3S+. The van der Waals surface area contributed by atoms with Crippen molar-refractivity contribution in [3.05, 3.63) is 54.5 Å². The van der Waals surface area contributed by atoms with Crippen LogP contribution in [-0.2, 0) is 6.54 Å². The molecule has 4 aromatic rings. The maximum absolute atomic E-state index is 4.27. The molecule has 0 bridgehead atoms. The van der Waals surface area contributed by atoms with Crippen LogP contribution in [0.25, 0.3) is 26.4 Å². The second-order valence-corrected chi connectivity index (χ2v) is 5.92. The average Bonchev–Trinajstić information content (AvgIpc) is 3.04. The number of thiazole rings is 1. The van der Waals surface area contributed by atoms with Crippen LogP contribution in [0.1, 0.15) is 5.56 Å². The van der Waals surface area contributed by atoms with Crippen molar-refractivity contribution in [2.75, 3.05) is 0 Å². The maximum atomic E-state index is 4.27. The standard InChI is InChI=1S/C15H10N3S/c1-2-4-11-10(3-1)8-17-9-14-18(15(11)17)12-7-16-6-5-13(12)19-14/h1-7,9H,8H2/q+1. The van der Waals surface area contributed by atoms with Gasteiger partial charge in [-0.3, -0.25) is 4.98 Å². The lowest BCUT2D eigenvalue weighted by atomic mass is 10.1. The van der Waals surface area contributed by atoms with Crippen molar-refractivity contribution in [3.8, 4) is 11.4 Å². The van der Waals surface area contributed by atoms with E-state index < -0.39 is 0 Å². The van der Waals surface area contributed by atoms with Gasteiger partial charge in [0, 0.05) is 11.8 Å². The first-order valence-electron chi connectivity index (χ1n) is 6.27. The van der Waals surface area contributed by atoms with Gasteiger partial charge in [0.15, 0.2) is 5.52 Å². The minimum Gasteiger partial charge on any atom is -0.260 e. The second kappa shape index (κ2) is 3.22. The quantitative estimate of drug-likeness (QED) is 0.394. The predicted octanol–water partition coefficient (Wildman–Crippen LogP) is 2.87. The summed E-state index contributed by atoms with van der Waals surface area (Å²) in [6.45, 7) is 0.974. The van der Waals surface area contributed by atoms with Gasteiger partial charge in [0.1, 0.15) is 12.7 Å². The van der Waals surface area contributed by atoms with Crippen molar-refractivity contribution in [1.82, 2.24) is 9.38 Å². The zero-order valence-corrected chi connectivity index (χ0v) is 10.9. The fraction of sp³-hybridized carbons (Fsp3) is 0.0667. The van der Waals surface area contributed by atoms with Gasteiger partial charge in [-0.05, 0) is 12.1 Å². The molecule has 4 heterocycles. The van der Waals surface area contributed by atoms with E-state index in [0.29, 0.717) is 0 Å². The smallest absolute Gasteiger partial charge is 0.260 e. The molecule has 0 aliphatic carbocycles. The van der Waals surface area contributed by atoms with Crippen LogP contribution in [0.5, 0.6) is 0 Å². The fourth-order valence-corrected chi connectivity index (χ4v) is 4.04. The third-order valence-electron chi connectivity index (χ3n) is 3.79. The third-order valence-corrected chi connectivity index (χ3v) is 4.85. The highest BCUT2D eigenvalue weighted by Gasteiger charge is 2.31. The van der Waals surface area contributed by atoms with Gasteiger partial charge < -0.3 is 0 Å². The number of aromatic nitrogens is 3. The SMILES string of the molecule is c1ccc2c(c1)C[n+]1cc3sc4ccncc4n3c1-2. The van der Waals surface area contributed by atoms with Crippen LogP contribution in [-0.4, -0.2) is 9.38 Å². The molecule has 5 rings (SSSR count). The Hall–Kier alpha value is -2.20.